The summed E-state index contributed by atoms with van der Waals surface area (Å²) in [6.07, 6.45) is 4.89. The number of ether oxygens (including phenoxy) is 2. The van der Waals surface area contributed by atoms with Crippen LogP contribution in [0.2, 0.25) is 0 Å². The molecule has 2 nitrogen and oxygen atoms in total. The molecular weight excluding hydrogens is 444 g/mol. The number of unbranched alkanes of at least 4 members (excludes halogenated alkanes) is 3. The van der Waals surface area contributed by atoms with Crippen molar-refractivity contribution in [3.05, 3.63) is 29.8 Å². The maximum absolute atomic E-state index is 13.1. The van der Waals surface area contributed by atoms with E-state index in [1.165, 1.54) is 56.0 Å². The first kappa shape index (κ1) is 30.2. The van der Waals surface area contributed by atoms with E-state index in [9.17, 15) is 13.2 Å². The van der Waals surface area contributed by atoms with E-state index in [0.717, 1.165) is 25.9 Å². The van der Waals surface area contributed by atoms with E-state index < -0.39 is 19.5 Å². The van der Waals surface area contributed by atoms with Crippen molar-refractivity contribution in [2.45, 2.75) is 85.9 Å². The molecule has 0 aliphatic heterocycles. The molecule has 6 heteroatoms. The van der Waals surface area contributed by atoms with Gasteiger partial charge in [-0.15, -0.1) is 0 Å². The highest BCUT2D eigenvalue weighted by Crippen LogP contribution is 2.60. The first-order chi connectivity index (χ1) is 15.4. The molecule has 1 rings (SSSR count). The van der Waals surface area contributed by atoms with Crippen LogP contribution in [0.15, 0.2) is 24.3 Å². The first-order valence-corrected chi connectivity index (χ1v) is 15.1. The van der Waals surface area contributed by atoms with Crippen LogP contribution in [-0.2, 0) is 4.74 Å². The van der Waals surface area contributed by atoms with Gasteiger partial charge in [-0.1, -0.05) is 39.8 Å². The number of halogens is 3. The molecule has 0 fully saturated rings. The van der Waals surface area contributed by atoms with E-state index >= 15 is 0 Å². The van der Waals surface area contributed by atoms with E-state index in [2.05, 4.69) is 46.3 Å². The lowest BCUT2D eigenvalue weighted by atomic mass is 9.86. The number of alkyl halides is 3. The molecule has 0 radical (unpaired) electrons. The maximum Gasteiger partial charge on any atom is 0.418 e. The highest BCUT2D eigenvalue weighted by molar-refractivity contribution is 7.75. The van der Waals surface area contributed by atoms with Gasteiger partial charge in [0.2, 0.25) is 0 Å². The Kier molecular flexibility index (Phi) is 12.8. The van der Waals surface area contributed by atoms with Gasteiger partial charge in [0.1, 0.15) is 5.75 Å². The van der Waals surface area contributed by atoms with Gasteiger partial charge in [-0.3, -0.25) is 0 Å². The summed E-state index contributed by atoms with van der Waals surface area (Å²) >= 11 is 0. The predicted molar refractivity (Wildman–Crippen MR) is 137 cm³/mol. The molecule has 2 atom stereocenters. The second-order valence-corrected chi connectivity index (χ2v) is 15.5. The van der Waals surface area contributed by atoms with Gasteiger partial charge in [0.15, 0.2) is 6.10 Å². The minimum absolute atomic E-state index is 0.0719. The molecule has 0 saturated heterocycles. The highest BCUT2D eigenvalue weighted by atomic mass is 31.2. The molecule has 0 N–H and O–H groups in total. The van der Waals surface area contributed by atoms with E-state index in [0.29, 0.717) is 17.8 Å². The van der Waals surface area contributed by atoms with Crippen LogP contribution >= 0.6 is 7.26 Å². The number of hydrogen-bond donors (Lipinski definition) is 0. The van der Waals surface area contributed by atoms with Crippen molar-refractivity contribution >= 4 is 7.26 Å². The van der Waals surface area contributed by atoms with Crippen LogP contribution in [0.5, 0.6) is 5.75 Å². The number of hydrogen-bond acceptors (Lipinski definition) is 2. The van der Waals surface area contributed by atoms with E-state index in [1.807, 2.05) is 0 Å². The zero-order valence-electron chi connectivity index (χ0n) is 21.9. The molecule has 1 aromatic carbocycles. The summed E-state index contributed by atoms with van der Waals surface area (Å²) in [5.41, 5.74) is 0.468. The van der Waals surface area contributed by atoms with Gasteiger partial charge in [0, 0.05) is 14.4 Å². The quantitative estimate of drug-likeness (QED) is 0.180. The van der Waals surface area contributed by atoms with Crippen molar-refractivity contribution in [1.82, 2.24) is 0 Å². The lowest BCUT2D eigenvalue weighted by Crippen LogP contribution is -2.22. The molecule has 0 amide bonds. The third kappa shape index (κ3) is 11.5. The second-order valence-electron chi connectivity index (χ2n) is 10.7. The van der Waals surface area contributed by atoms with Gasteiger partial charge in [-0.2, -0.15) is 13.2 Å². The topological polar surface area (TPSA) is 18.5 Å². The summed E-state index contributed by atoms with van der Waals surface area (Å²) in [7, 11) is 0.204. The van der Waals surface area contributed by atoms with E-state index in [1.54, 1.807) is 12.1 Å². The normalized spacial score (nSPS) is 14.8. The summed E-state index contributed by atoms with van der Waals surface area (Å²) < 4.78 is 49.6. The molecule has 0 bridgehead atoms. The molecule has 33 heavy (non-hydrogen) atoms. The Labute approximate surface area is 201 Å². The van der Waals surface area contributed by atoms with Crippen molar-refractivity contribution in [1.29, 1.82) is 0 Å². The lowest BCUT2D eigenvalue weighted by Gasteiger charge is -2.31. The number of benzene rings is 1. The molecule has 0 spiro atoms. The fraction of sp³-hybridized carbons (Fsp3) is 0.778. The standard InChI is InChI=1S/C27H47F3O2P/c1-8-33(9-2,21-22(3)20-26(4,5)6)18-13-11-10-12-17-32-24-16-14-15-23(19-24)25(31-7)27(28,29)30/h14-16,19,22,25H,8-13,17-18,20-21H2,1-7H3/q+1. The highest BCUT2D eigenvalue weighted by Gasteiger charge is 2.41. The molecule has 1 aromatic rings. The third-order valence-electron chi connectivity index (χ3n) is 6.49. The Morgan fingerprint density at radius 1 is 0.970 bits per heavy atom. The molecule has 0 aliphatic carbocycles. The Morgan fingerprint density at radius 2 is 1.61 bits per heavy atom. The zero-order chi connectivity index (χ0) is 25.1. The van der Waals surface area contributed by atoms with Crippen LogP contribution in [0.1, 0.15) is 85.3 Å². The fourth-order valence-electron chi connectivity index (χ4n) is 4.98. The largest absolute Gasteiger partial charge is 0.494 e. The predicted octanol–water partition coefficient (Wildman–Crippen LogP) is 9.01. The van der Waals surface area contributed by atoms with E-state index in [-0.39, 0.29) is 5.56 Å². The Balaban J connectivity index is 2.41. The Morgan fingerprint density at radius 3 is 2.15 bits per heavy atom. The summed E-state index contributed by atoms with van der Waals surface area (Å²) in [6, 6.07) is 6.14. The molecule has 2 unspecified atom stereocenters. The van der Waals surface area contributed by atoms with Crippen LogP contribution in [0.25, 0.3) is 0 Å². The molecule has 0 heterocycles. The van der Waals surface area contributed by atoms with Crippen LogP contribution in [0, 0.1) is 11.3 Å². The van der Waals surface area contributed by atoms with Crippen LogP contribution in [0.3, 0.4) is 0 Å². The molecule has 0 aromatic heterocycles. The molecule has 0 aliphatic rings. The van der Waals surface area contributed by atoms with Gasteiger partial charge in [0.25, 0.3) is 0 Å². The van der Waals surface area contributed by atoms with Gasteiger partial charge >= 0.3 is 6.18 Å². The molecular formula is C27H47F3O2P+. The minimum Gasteiger partial charge on any atom is -0.494 e. The smallest absolute Gasteiger partial charge is 0.418 e. The summed E-state index contributed by atoms with van der Waals surface area (Å²) in [5.74, 6) is 1.26. The van der Waals surface area contributed by atoms with Crippen molar-refractivity contribution in [2.75, 3.05) is 38.4 Å². The monoisotopic (exact) mass is 491 g/mol. The minimum atomic E-state index is -4.44. The van der Waals surface area contributed by atoms with Gasteiger partial charge in [-0.05, 0) is 75.0 Å². The van der Waals surface area contributed by atoms with Crippen molar-refractivity contribution in [3.63, 3.8) is 0 Å². The SMILES string of the molecule is CC[P+](CC)(CCCCCCOc1cccc(C(OC)C(F)(F)F)c1)CC(C)CC(C)(C)C. The second kappa shape index (κ2) is 13.9. The van der Waals surface area contributed by atoms with Crippen LogP contribution in [-0.4, -0.2) is 44.5 Å². The maximum atomic E-state index is 13.1. The zero-order valence-corrected chi connectivity index (χ0v) is 22.8. The Bertz CT molecular complexity index is 666. The lowest BCUT2D eigenvalue weighted by molar-refractivity contribution is -0.216. The summed E-state index contributed by atoms with van der Waals surface area (Å²) in [4.78, 5) is 0. The van der Waals surface area contributed by atoms with Crippen molar-refractivity contribution < 1.29 is 22.6 Å². The average Bonchev–Trinajstić information content (AvgIpc) is 2.70. The molecule has 192 valence electrons. The fourth-order valence-corrected chi connectivity index (χ4v) is 9.10. The van der Waals surface area contributed by atoms with Crippen LogP contribution in [0.4, 0.5) is 13.2 Å². The number of methoxy groups -OCH3 is 1. The average molecular weight is 492 g/mol. The first-order valence-electron chi connectivity index (χ1n) is 12.5. The molecule has 0 saturated carbocycles. The van der Waals surface area contributed by atoms with E-state index in [4.69, 9.17) is 4.74 Å². The summed E-state index contributed by atoms with van der Waals surface area (Å²) in [5, 5.41) is 0. The Hall–Kier alpha value is -0.800. The van der Waals surface area contributed by atoms with Crippen LogP contribution < -0.4 is 4.74 Å². The van der Waals surface area contributed by atoms with Gasteiger partial charge in [0.05, 0.1) is 31.3 Å². The van der Waals surface area contributed by atoms with Crippen molar-refractivity contribution in [3.8, 4) is 5.75 Å². The van der Waals surface area contributed by atoms with Gasteiger partial charge < -0.3 is 9.47 Å². The summed E-state index contributed by atoms with van der Waals surface area (Å²) in [6.45, 7) is 14.7. The van der Waals surface area contributed by atoms with Gasteiger partial charge in [-0.25, -0.2) is 0 Å². The third-order valence-corrected chi connectivity index (χ3v) is 11.8. The number of rotatable bonds is 15. The van der Waals surface area contributed by atoms with Crippen molar-refractivity contribution in [2.24, 2.45) is 11.3 Å².